The number of nitrogens with one attached hydrogen (secondary N) is 1. The molecule has 1 aromatic carbocycles. The number of halogens is 1. The van der Waals surface area contributed by atoms with E-state index in [9.17, 15) is 19.2 Å². The van der Waals surface area contributed by atoms with E-state index in [2.05, 4.69) is 5.32 Å². The summed E-state index contributed by atoms with van der Waals surface area (Å²) in [4.78, 5) is 53.4. The highest BCUT2D eigenvalue weighted by atomic mass is 35.5. The first kappa shape index (κ1) is 21.9. The molecule has 1 atom stereocenters. The van der Waals surface area contributed by atoms with Crippen molar-refractivity contribution < 1.29 is 23.9 Å². The van der Waals surface area contributed by atoms with E-state index < -0.39 is 12.1 Å². The molecule has 0 bridgehead atoms. The van der Waals surface area contributed by atoms with Crippen LogP contribution in [0.2, 0.25) is 5.02 Å². The van der Waals surface area contributed by atoms with Crippen LogP contribution in [-0.4, -0.2) is 77.5 Å². The minimum absolute atomic E-state index is 0.0879. The maximum absolute atomic E-state index is 12.6. The molecule has 0 radical (unpaired) electrons. The highest BCUT2D eigenvalue weighted by molar-refractivity contribution is 6.31. The molecule has 0 spiro atoms. The summed E-state index contributed by atoms with van der Waals surface area (Å²) in [7, 11) is 0. The van der Waals surface area contributed by atoms with Gasteiger partial charge in [-0.3, -0.25) is 14.5 Å². The van der Waals surface area contributed by atoms with Crippen molar-refractivity contribution in [1.82, 2.24) is 20.0 Å². The summed E-state index contributed by atoms with van der Waals surface area (Å²) in [5.74, 6) is -0.468. The van der Waals surface area contributed by atoms with Gasteiger partial charge in [0.05, 0.1) is 13.2 Å². The fourth-order valence-electron chi connectivity index (χ4n) is 3.50. The number of hydrogen-bond acceptors (Lipinski definition) is 5. The van der Waals surface area contributed by atoms with Gasteiger partial charge in [-0.05, 0) is 25.0 Å². The van der Waals surface area contributed by atoms with Crippen molar-refractivity contribution in [2.45, 2.75) is 32.4 Å². The Kier molecular flexibility index (Phi) is 7.15. The van der Waals surface area contributed by atoms with Crippen molar-refractivity contribution in [1.29, 1.82) is 0 Å². The van der Waals surface area contributed by atoms with Crippen LogP contribution in [0.1, 0.15) is 25.3 Å². The average Bonchev–Trinajstić information content (AvgIpc) is 3.01. The van der Waals surface area contributed by atoms with Crippen molar-refractivity contribution in [2.24, 2.45) is 0 Å². The Morgan fingerprint density at radius 1 is 1.13 bits per heavy atom. The third-order valence-electron chi connectivity index (χ3n) is 5.20. The first-order valence-corrected chi connectivity index (χ1v) is 10.3. The SMILES string of the molecule is CCOC(=O)N1CCN(C(=O)CC[C@@H]2NC(=O)N(Cc3ccccc3Cl)C2=O)CC1. The second-order valence-corrected chi connectivity index (χ2v) is 7.53. The molecule has 1 aromatic rings. The smallest absolute Gasteiger partial charge is 0.409 e. The number of carbonyl (C=O) groups excluding carboxylic acids is 4. The lowest BCUT2D eigenvalue weighted by atomic mass is 10.1. The molecule has 0 aliphatic carbocycles. The predicted octanol–water partition coefficient (Wildman–Crippen LogP) is 1.84. The Morgan fingerprint density at radius 3 is 2.47 bits per heavy atom. The second kappa shape index (κ2) is 9.80. The maximum Gasteiger partial charge on any atom is 0.409 e. The fraction of sp³-hybridized carbons (Fsp3) is 0.500. The van der Waals surface area contributed by atoms with E-state index in [1.807, 2.05) is 0 Å². The molecule has 1 N–H and O–H groups in total. The molecule has 5 amide bonds. The summed E-state index contributed by atoms with van der Waals surface area (Å²) >= 11 is 6.12. The number of imide groups is 1. The lowest BCUT2D eigenvalue weighted by molar-refractivity contribution is -0.133. The van der Waals surface area contributed by atoms with E-state index >= 15 is 0 Å². The summed E-state index contributed by atoms with van der Waals surface area (Å²) in [6.07, 6.45) is -0.0150. The zero-order chi connectivity index (χ0) is 21.7. The van der Waals surface area contributed by atoms with Gasteiger partial charge in [0.15, 0.2) is 0 Å². The van der Waals surface area contributed by atoms with E-state index in [-0.39, 0.29) is 37.3 Å². The lowest BCUT2D eigenvalue weighted by Gasteiger charge is -2.34. The Morgan fingerprint density at radius 2 is 1.80 bits per heavy atom. The van der Waals surface area contributed by atoms with Gasteiger partial charge in [0.25, 0.3) is 5.91 Å². The number of hydrogen-bond donors (Lipinski definition) is 1. The molecular formula is C20H25ClN4O5. The molecule has 0 aromatic heterocycles. The Labute approximate surface area is 179 Å². The molecule has 162 valence electrons. The minimum atomic E-state index is -0.732. The van der Waals surface area contributed by atoms with Crippen LogP contribution in [0.25, 0.3) is 0 Å². The summed E-state index contributed by atoms with van der Waals surface area (Å²) < 4.78 is 4.97. The number of piperazine rings is 1. The van der Waals surface area contributed by atoms with Crippen LogP contribution in [0.15, 0.2) is 24.3 Å². The number of amides is 5. The first-order chi connectivity index (χ1) is 14.4. The summed E-state index contributed by atoms with van der Waals surface area (Å²) in [6.45, 7) is 3.81. The largest absolute Gasteiger partial charge is 0.450 e. The third-order valence-corrected chi connectivity index (χ3v) is 5.57. The van der Waals surface area contributed by atoms with Crippen molar-refractivity contribution in [3.8, 4) is 0 Å². The van der Waals surface area contributed by atoms with E-state index in [1.165, 1.54) is 0 Å². The van der Waals surface area contributed by atoms with Gasteiger partial charge in [0.2, 0.25) is 5.91 Å². The van der Waals surface area contributed by atoms with Gasteiger partial charge in [0.1, 0.15) is 6.04 Å². The molecule has 9 nitrogen and oxygen atoms in total. The first-order valence-electron chi connectivity index (χ1n) is 9.95. The Bertz CT molecular complexity index is 825. The van der Waals surface area contributed by atoms with Crippen molar-refractivity contribution in [2.75, 3.05) is 32.8 Å². The molecule has 2 heterocycles. The predicted molar refractivity (Wildman–Crippen MR) is 109 cm³/mol. The number of urea groups is 1. The highest BCUT2D eigenvalue weighted by Crippen LogP contribution is 2.21. The summed E-state index contributed by atoms with van der Waals surface area (Å²) in [5.41, 5.74) is 0.680. The molecule has 10 heteroatoms. The second-order valence-electron chi connectivity index (χ2n) is 7.12. The Hall–Kier alpha value is -2.81. The number of benzene rings is 1. The van der Waals surface area contributed by atoms with E-state index in [4.69, 9.17) is 16.3 Å². The van der Waals surface area contributed by atoms with E-state index in [1.54, 1.807) is 41.0 Å². The Balaban J connectivity index is 1.47. The number of ether oxygens (including phenoxy) is 1. The molecule has 0 unspecified atom stereocenters. The average molecular weight is 437 g/mol. The van der Waals surface area contributed by atoms with E-state index in [0.717, 1.165) is 4.90 Å². The molecule has 2 aliphatic heterocycles. The lowest BCUT2D eigenvalue weighted by Crippen LogP contribution is -2.50. The van der Waals surface area contributed by atoms with Gasteiger partial charge in [-0.15, -0.1) is 0 Å². The number of nitrogens with zero attached hydrogens (tertiary/aromatic N) is 3. The fourth-order valence-corrected chi connectivity index (χ4v) is 3.69. The molecule has 2 fully saturated rings. The van der Waals surface area contributed by atoms with Gasteiger partial charge < -0.3 is 19.9 Å². The van der Waals surface area contributed by atoms with Crippen LogP contribution in [0, 0.1) is 0 Å². The van der Waals surface area contributed by atoms with Crippen LogP contribution in [0.4, 0.5) is 9.59 Å². The van der Waals surface area contributed by atoms with Gasteiger partial charge in [-0.2, -0.15) is 0 Å². The van der Waals surface area contributed by atoms with Crippen LogP contribution in [-0.2, 0) is 20.9 Å². The van der Waals surface area contributed by atoms with Crippen LogP contribution in [0.5, 0.6) is 0 Å². The normalized spacial score (nSPS) is 19.1. The quantitative estimate of drug-likeness (QED) is 0.686. The topological polar surface area (TPSA) is 99.3 Å². The zero-order valence-electron chi connectivity index (χ0n) is 16.8. The monoisotopic (exact) mass is 436 g/mol. The van der Waals surface area contributed by atoms with Crippen molar-refractivity contribution >= 4 is 35.5 Å². The molecule has 2 saturated heterocycles. The summed E-state index contributed by atoms with van der Waals surface area (Å²) in [5, 5.41) is 3.13. The van der Waals surface area contributed by atoms with Gasteiger partial charge in [0, 0.05) is 37.6 Å². The standard InChI is InChI=1S/C20H25ClN4O5/c1-2-30-20(29)24-11-9-23(10-12-24)17(26)8-7-16-18(27)25(19(28)22-16)13-14-5-3-4-6-15(14)21/h3-6,16H,2,7-13H2,1H3,(H,22,28)/t16-/m0/s1. The molecule has 3 rings (SSSR count). The highest BCUT2D eigenvalue weighted by Gasteiger charge is 2.38. The molecule has 2 aliphatic rings. The maximum atomic E-state index is 12.6. The third kappa shape index (κ3) is 5.02. The van der Waals surface area contributed by atoms with Crippen molar-refractivity contribution in [3.63, 3.8) is 0 Å². The van der Waals surface area contributed by atoms with Crippen LogP contribution < -0.4 is 5.32 Å². The van der Waals surface area contributed by atoms with Gasteiger partial charge in [-0.1, -0.05) is 29.8 Å². The molecular weight excluding hydrogens is 412 g/mol. The van der Waals surface area contributed by atoms with Crippen LogP contribution in [0.3, 0.4) is 0 Å². The number of carbonyl (C=O) groups is 4. The minimum Gasteiger partial charge on any atom is -0.450 e. The number of rotatable bonds is 6. The molecule has 0 saturated carbocycles. The molecule has 30 heavy (non-hydrogen) atoms. The van der Waals surface area contributed by atoms with E-state index in [0.29, 0.717) is 43.4 Å². The van der Waals surface area contributed by atoms with Gasteiger partial charge >= 0.3 is 12.1 Å². The van der Waals surface area contributed by atoms with Gasteiger partial charge in [-0.25, -0.2) is 9.59 Å². The van der Waals surface area contributed by atoms with Crippen molar-refractivity contribution in [3.05, 3.63) is 34.9 Å². The summed E-state index contributed by atoms with van der Waals surface area (Å²) in [6, 6.07) is 5.81. The van der Waals surface area contributed by atoms with Crippen LogP contribution >= 0.6 is 11.6 Å². The zero-order valence-corrected chi connectivity index (χ0v) is 17.6.